The highest BCUT2D eigenvalue weighted by atomic mass is 32.3. The van der Waals surface area contributed by atoms with Crippen molar-refractivity contribution in [2.75, 3.05) is 6.61 Å². The van der Waals surface area contributed by atoms with E-state index in [1.807, 2.05) is 0 Å². The monoisotopic (exact) mass is 376 g/mol. The summed E-state index contributed by atoms with van der Waals surface area (Å²) in [6, 6.07) is 0. The Bertz CT molecular complexity index is 525. The highest BCUT2D eigenvalue weighted by Crippen LogP contribution is 2.27. The van der Waals surface area contributed by atoms with E-state index in [9.17, 15) is 34.0 Å². The molecule has 6 N–H and O–H groups in total. The molecule has 24 heavy (non-hydrogen) atoms. The standard InChI is InChI=1S/C11H20O12S/c1-3-5(12)7(14)8(15)11(21-3)22-9-6(13)4(2-20-10(9)16)23-24(17,18)19/h3-16H,2H2,1H3,(H,17,18,19)/t3-,4-,5-,6+,7+,8-,9-,10?,11+/m1/s1. The molecule has 0 amide bonds. The third-order valence-electron chi connectivity index (χ3n) is 3.77. The van der Waals surface area contributed by atoms with Crippen molar-refractivity contribution in [1.82, 2.24) is 0 Å². The lowest BCUT2D eigenvalue weighted by Crippen LogP contribution is -2.62. The maximum Gasteiger partial charge on any atom is 0.397 e. The summed E-state index contributed by atoms with van der Waals surface area (Å²) in [5, 5.41) is 48.9. The van der Waals surface area contributed by atoms with E-state index in [4.69, 9.17) is 18.8 Å². The third-order valence-corrected chi connectivity index (χ3v) is 4.27. The van der Waals surface area contributed by atoms with Crippen LogP contribution < -0.4 is 0 Å². The molecule has 2 aliphatic heterocycles. The molecular weight excluding hydrogens is 356 g/mol. The number of ether oxygens (including phenoxy) is 3. The highest BCUT2D eigenvalue weighted by molar-refractivity contribution is 7.80. The second-order valence-electron chi connectivity index (χ2n) is 5.56. The van der Waals surface area contributed by atoms with Gasteiger partial charge in [-0.2, -0.15) is 8.42 Å². The molecule has 0 aliphatic carbocycles. The van der Waals surface area contributed by atoms with Gasteiger partial charge in [-0.25, -0.2) is 4.18 Å². The Balaban J connectivity index is 2.08. The molecule has 12 nitrogen and oxygen atoms in total. The lowest BCUT2D eigenvalue weighted by Gasteiger charge is -2.43. The molecule has 1 unspecified atom stereocenters. The topological polar surface area (TPSA) is 192 Å². The van der Waals surface area contributed by atoms with E-state index in [-0.39, 0.29) is 0 Å². The van der Waals surface area contributed by atoms with E-state index in [1.54, 1.807) is 0 Å². The van der Waals surface area contributed by atoms with Crippen molar-refractivity contribution in [2.45, 2.75) is 62.2 Å². The second-order valence-corrected chi connectivity index (χ2v) is 6.61. The first-order chi connectivity index (χ1) is 11.0. The minimum Gasteiger partial charge on any atom is -0.388 e. The van der Waals surface area contributed by atoms with E-state index in [0.29, 0.717) is 0 Å². The smallest absolute Gasteiger partial charge is 0.388 e. The van der Waals surface area contributed by atoms with Crippen molar-refractivity contribution in [3.8, 4) is 0 Å². The van der Waals surface area contributed by atoms with Gasteiger partial charge >= 0.3 is 10.4 Å². The van der Waals surface area contributed by atoms with Gasteiger partial charge in [0.05, 0.1) is 12.7 Å². The molecule has 9 atom stereocenters. The molecule has 2 fully saturated rings. The van der Waals surface area contributed by atoms with Crippen molar-refractivity contribution in [1.29, 1.82) is 0 Å². The van der Waals surface area contributed by atoms with Crippen LogP contribution in [-0.2, 0) is 28.8 Å². The highest BCUT2D eigenvalue weighted by Gasteiger charge is 2.48. The maximum atomic E-state index is 10.7. The number of rotatable bonds is 4. The lowest BCUT2D eigenvalue weighted by molar-refractivity contribution is -0.347. The Hall–Kier alpha value is -0.450. The van der Waals surface area contributed by atoms with Gasteiger partial charge in [-0.1, -0.05) is 0 Å². The summed E-state index contributed by atoms with van der Waals surface area (Å²) in [7, 11) is -4.90. The van der Waals surface area contributed by atoms with Crippen molar-refractivity contribution in [2.24, 2.45) is 0 Å². The summed E-state index contributed by atoms with van der Waals surface area (Å²) in [6.07, 6.45) is -13.9. The Morgan fingerprint density at radius 3 is 2.21 bits per heavy atom. The quantitative estimate of drug-likeness (QED) is 0.262. The molecule has 2 saturated heterocycles. The van der Waals surface area contributed by atoms with Gasteiger partial charge in [-0.15, -0.1) is 0 Å². The van der Waals surface area contributed by atoms with Gasteiger partial charge in [0, 0.05) is 0 Å². The van der Waals surface area contributed by atoms with Gasteiger partial charge in [0.2, 0.25) is 0 Å². The summed E-state index contributed by atoms with van der Waals surface area (Å²) in [6.45, 7) is 0.832. The Kier molecular flexibility index (Phi) is 6.15. The predicted octanol–water partition coefficient (Wildman–Crippen LogP) is -3.90. The molecule has 2 rings (SSSR count). The number of hydrogen-bond acceptors (Lipinski definition) is 11. The fourth-order valence-electron chi connectivity index (χ4n) is 2.44. The zero-order chi connectivity index (χ0) is 18.2. The molecule has 0 bridgehead atoms. The van der Waals surface area contributed by atoms with Gasteiger partial charge in [-0.3, -0.25) is 4.55 Å². The molecular formula is C11H20O12S. The van der Waals surface area contributed by atoms with Gasteiger partial charge < -0.3 is 39.7 Å². The Morgan fingerprint density at radius 1 is 1.00 bits per heavy atom. The summed E-state index contributed by atoms with van der Waals surface area (Å²) in [5.41, 5.74) is 0. The van der Waals surface area contributed by atoms with Gasteiger partial charge in [0.1, 0.15) is 36.6 Å². The lowest BCUT2D eigenvalue weighted by atomic mass is 9.99. The normalized spacial score (nSPS) is 47.5. The first-order valence-electron chi connectivity index (χ1n) is 7.00. The SMILES string of the molecule is C[C@H]1O[C@@H](O[C@H]2C(O)OC[C@@H](OS(=O)(=O)O)[C@@H]2O)[C@H](O)[C@@H](O)[C@@H]1O. The molecule has 0 spiro atoms. The molecule has 0 aromatic carbocycles. The number of aliphatic hydroxyl groups excluding tert-OH is 5. The molecule has 13 heteroatoms. The van der Waals surface area contributed by atoms with Crippen LogP contribution in [0.5, 0.6) is 0 Å². The summed E-state index contributed by atoms with van der Waals surface area (Å²) in [4.78, 5) is 0. The van der Waals surface area contributed by atoms with E-state index in [0.717, 1.165) is 0 Å². The van der Waals surface area contributed by atoms with Gasteiger partial charge in [0.15, 0.2) is 12.6 Å². The van der Waals surface area contributed by atoms with Crippen LogP contribution in [0.2, 0.25) is 0 Å². The summed E-state index contributed by atoms with van der Waals surface area (Å²) in [5.74, 6) is 0. The average molecular weight is 376 g/mol. The molecule has 2 heterocycles. The summed E-state index contributed by atoms with van der Waals surface area (Å²) < 4.78 is 49.5. The first kappa shape index (κ1) is 19.9. The van der Waals surface area contributed by atoms with E-state index in [2.05, 4.69) is 4.18 Å². The van der Waals surface area contributed by atoms with Crippen molar-refractivity contribution in [3.05, 3.63) is 0 Å². The number of aliphatic hydroxyl groups is 5. The fraction of sp³-hybridized carbons (Fsp3) is 1.00. The minimum atomic E-state index is -4.90. The molecule has 142 valence electrons. The van der Waals surface area contributed by atoms with E-state index in [1.165, 1.54) is 6.92 Å². The van der Waals surface area contributed by atoms with Crippen molar-refractivity contribution < 1.29 is 56.9 Å². The number of hydrogen-bond donors (Lipinski definition) is 6. The third kappa shape index (κ3) is 4.39. The fourth-order valence-corrected chi connectivity index (χ4v) is 2.92. The zero-order valence-electron chi connectivity index (χ0n) is 12.4. The first-order valence-corrected chi connectivity index (χ1v) is 8.36. The average Bonchev–Trinajstić information content (AvgIpc) is 2.48. The van der Waals surface area contributed by atoms with Crippen LogP contribution in [0.25, 0.3) is 0 Å². The van der Waals surface area contributed by atoms with Crippen LogP contribution in [0.15, 0.2) is 0 Å². The van der Waals surface area contributed by atoms with Gasteiger partial charge in [-0.05, 0) is 6.92 Å². The van der Waals surface area contributed by atoms with Crippen LogP contribution in [0, 0.1) is 0 Å². The van der Waals surface area contributed by atoms with Crippen LogP contribution in [0.1, 0.15) is 6.92 Å². The molecule has 0 aromatic heterocycles. The Morgan fingerprint density at radius 2 is 1.62 bits per heavy atom. The predicted molar refractivity (Wildman–Crippen MR) is 71.6 cm³/mol. The Labute approximate surface area is 137 Å². The van der Waals surface area contributed by atoms with Crippen molar-refractivity contribution in [3.63, 3.8) is 0 Å². The van der Waals surface area contributed by atoms with E-state index < -0.39 is 72.3 Å². The molecule has 0 saturated carbocycles. The van der Waals surface area contributed by atoms with Crippen LogP contribution in [0.3, 0.4) is 0 Å². The van der Waals surface area contributed by atoms with Crippen LogP contribution in [-0.4, -0.2) is 100 Å². The van der Waals surface area contributed by atoms with Crippen molar-refractivity contribution >= 4 is 10.4 Å². The second kappa shape index (κ2) is 7.43. The minimum absolute atomic E-state index is 0.562. The maximum absolute atomic E-state index is 10.7. The summed E-state index contributed by atoms with van der Waals surface area (Å²) >= 11 is 0. The van der Waals surface area contributed by atoms with Crippen LogP contribution >= 0.6 is 0 Å². The van der Waals surface area contributed by atoms with Crippen LogP contribution in [0.4, 0.5) is 0 Å². The molecule has 2 aliphatic rings. The van der Waals surface area contributed by atoms with E-state index >= 15 is 0 Å². The molecule has 0 radical (unpaired) electrons. The zero-order valence-corrected chi connectivity index (χ0v) is 13.3. The largest absolute Gasteiger partial charge is 0.397 e. The molecule has 0 aromatic rings. The van der Waals surface area contributed by atoms with Gasteiger partial charge in [0.25, 0.3) is 0 Å².